The van der Waals surface area contributed by atoms with E-state index in [4.69, 9.17) is 13.3 Å². The van der Waals surface area contributed by atoms with Gasteiger partial charge in [-0.05, 0) is 27.2 Å². The molecule has 0 aromatic carbocycles. The van der Waals surface area contributed by atoms with Gasteiger partial charge in [0.2, 0.25) is 0 Å². The highest BCUT2D eigenvalue weighted by atomic mass is 28.4. The lowest BCUT2D eigenvalue weighted by molar-refractivity contribution is 0.0479. The van der Waals surface area contributed by atoms with E-state index < -0.39 is 14.5 Å². The topological polar surface area (TPSA) is 39.7 Å². The van der Waals surface area contributed by atoms with E-state index in [1.165, 1.54) is 0 Å². The normalized spacial score (nSPS) is 14.2. The van der Waals surface area contributed by atoms with Gasteiger partial charge >= 0.3 is 8.80 Å². The molecule has 0 saturated carbocycles. The summed E-state index contributed by atoms with van der Waals surface area (Å²) < 4.78 is 29.3. The van der Waals surface area contributed by atoms with Gasteiger partial charge in [-0.1, -0.05) is 6.92 Å². The Morgan fingerprint density at radius 2 is 1.40 bits per heavy atom. The molecule has 0 aliphatic heterocycles. The minimum Gasteiger partial charge on any atom is -0.373 e. The molecule has 0 saturated heterocycles. The van der Waals surface area contributed by atoms with Gasteiger partial charge in [0.1, 0.15) is 5.67 Å². The predicted octanol–water partition coefficient (Wildman–Crippen LogP) is 1.83. The summed E-state index contributed by atoms with van der Waals surface area (Å²) in [6, 6.07) is 0. The largest absolute Gasteiger partial charge is 0.521 e. The molecule has 4 nitrogen and oxygen atoms in total. The average molecular weight is 239 g/mol. The Labute approximate surface area is 92.4 Å². The molecule has 0 heterocycles. The Kier molecular flexibility index (Phi) is 8.17. The molecule has 92 valence electrons. The van der Waals surface area contributed by atoms with Crippen molar-refractivity contribution < 1.29 is 17.8 Å². The van der Waals surface area contributed by atoms with Crippen LogP contribution in [0.5, 0.6) is 0 Å². The Balaban J connectivity index is 4.71. The monoisotopic (exact) mass is 239 g/mol. The van der Waals surface area contributed by atoms with Crippen LogP contribution in [0.15, 0.2) is 0 Å². The standard InChI is InChI=1S/C9H22FNO3Si/c1-5-9(11-10)15(12-6-2,13-7-3)14-8-4/h9,11H,5-8H2,1-4H3. The fraction of sp³-hybridized carbons (Fsp3) is 1.00. The van der Waals surface area contributed by atoms with Gasteiger partial charge in [0.15, 0.2) is 0 Å². The molecular weight excluding hydrogens is 217 g/mol. The van der Waals surface area contributed by atoms with Gasteiger partial charge in [0.25, 0.3) is 0 Å². The molecule has 0 bridgehead atoms. The van der Waals surface area contributed by atoms with Crippen LogP contribution in [0, 0.1) is 0 Å². The first-order valence-corrected chi connectivity index (χ1v) is 7.28. The molecule has 1 N–H and O–H groups in total. The molecule has 0 rings (SSSR count). The quantitative estimate of drug-likeness (QED) is 0.492. The van der Waals surface area contributed by atoms with Gasteiger partial charge in [0.05, 0.1) is 0 Å². The van der Waals surface area contributed by atoms with E-state index in [2.05, 4.69) is 0 Å². The molecule has 6 heteroatoms. The van der Waals surface area contributed by atoms with Crippen LogP contribution >= 0.6 is 0 Å². The summed E-state index contributed by atoms with van der Waals surface area (Å²) in [5.41, 5.74) is 1.25. The molecule has 0 fully saturated rings. The molecule has 0 amide bonds. The van der Waals surface area contributed by atoms with Gasteiger partial charge in [-0.25, -0.2) is 0 Å². The lowest BCUT2D eigenvalue weighted by Gasteiger charge is -2.33. The molecule has 1 unspecified atom stereocenters. The summed E-state index contributed by atoms with van der Waals surface area (Å²) >= 11 is 0. The van der Waals surface area contributed by atoms with Crippen molar-refractivity contribution in [3.05, 3.63) is 0 Å². The van der Waals surface area contributed by atoms with Crippen LogP contribution in [-0.2, 0) is 13.3 Å². The van der Waals surface area contributed by atoms with Crippen LogP contribution in [0.2, 0.25) is 0 Å². The van der Waals surface area contributed by atoms with Crippen molar-refractivity contribution in [1.29, 1.82) is 0 Å². The molecule has 1 atom stereocenters. The first kappa shape index (κ1) is 15.0. The van der Waals surface area contributed by atoms with Gasteiger partial charge < -0.3 is 13.3 Å². The van der Waals surface area contributed by atoms with Crippen LogP contribution in [0.1, 0.15) is 34.1 Å². The van der Waals surface area contributed by atoms with Crippen molar-refractivity contribution in [2.45, 2.75) is 39.8 Å². The van der Waals surface area contributed by atoms with E-state index in [1.807, 2.05) is 27.7 Å². The first-order chi connectivity index (χ1) is 7.20. The zero-order chi connectivity index (χ0) is 11.7. The van der Waals surface area contributed by atoms with Gasteiger partial charge in [0, 0.05) is 19.8 Å². The van der Waals surface area contributed by atoms with Gasteiger partial charge in [-0.2, -0.15) is 5.54 Å². The number of halogens is 1. The molecule has 0 aliphatic rings. The molecule has 0 aromatic rings. The van der Waals surface area contributed by atoms with E-state index in [0.29, 0.717) is 26.2 Å². The Bertz CT molecular complexity index is 141. The lowest BCUT2D eigenvalue weighted by atomic mass is 10.5. The first-order valence-electron chi connectivity index (χ1n) is 5.48. The third-order valence-corrected chi connectivity index (χ3v) is 5.45. The Morgan fingerprint density at radius 3 is 1.60 bits per heavy atom. The summed E-state index contributed by atoms with van der Waals surface area (Å²) in [4.78, 5) is 0. The maximum atomic E-state index is 12.7. The smallest absolute Gasteiger partial charge is 0.373 e. The predicted molar refractivity (Wildman–Crippen MR) is 59.0 cm³/mol. The Hall–Kier alpha value is -0.0131. The average Bonchev–Trinajstić information content (AvgIpc) is 2.20. The van der Waals surface area contributed by atoms with E-state index in [0.717, 1.165) is 0 Å². The summed E-state index contributed by atoms with van der Waals surface area (Å²) in [6.07, 6.45) is 0.572. The highest BCUT2D eigenvalue weighted by Gasteiger charge is 2.48. The number of hydrogen-bond donors (Lipinski definition) is 1. The van der Waals surface area contributed by atoms with Crippen molar-refractivity contribution in [2.24, 2.45) is 0 Å². The van der Waals surface area contributed by atoms with Crippen LogP contribution in [0.25, 0.3) is 0 Å². The van der Waals surface area contributed by atoms with Gasteiger partial charge in [-0.3, -0.25) is 0 Å². The Morgan fingerprint density at radius 1 is 1.00 bits per heavy atom. The second kappa shape index (κ2) is 8.18. The number of rotatable bonds is 9. The summed E-state index contributed by atoms with van der Waals surface area (Å²) in [5, 5.41) is 0. The summed E-state index contributed by atoms with van der Waals surface area (Å²) in [6.45, 7) is 8.81. The highest BCUT2D eigenvalue weighted by Crippen LogP contribution is 2.17. The minimum absolute atomic E-state index is 0.463. The van der Waals surface area contributed by atoms with Crippen LogP contribution in [-0.4, -0.2) is 34.3 Å². The molecule has 0 spiro atoms. The van der Waals surface area contributed by atoms with Crippen LogP contribution in [0.3, 0.4) is 0 Å². The summed E-state index contributed by atoms with van der Waals surface area (Å²) in [7, 11) is -2.91. The molecule has 15 heavy (non-hydrogen) atoms. The molecule has 0 aromatic heterocycles. The van der Waals surface area contributed by atoms with Crippen molar-refractivity contribution in [2.75, 3.05) is 19.8 Å². The molecule has 0 aliphatic carbocycles. The second-order valence-electron chi connectivity index (χ2n) is 2.97. The van der Waals surface area contributed by atoms with Gasteiger partial charge in [-0.15, -0.1) is 4.48 Å². The summed E-state index contributed by atoms with van der Waals surface area (Å²) in [5.74, 6) is 0. The third-order valence-electron chi connectivity index (χ3n) is 2.00. The highest BCUT2D eigenvalue weighted by molar-refractivity contribution is 6.62. The molecular formula is C9H22FNO3Si. The van der Waals surface area contributed by atoms with Crippen LogP contribution in [0.4, 0.5) is 4.48 Å². The third kappa shape index (κ3) is 4.16. The SMILES string of the molecule is CCO[Si](OCC)(OCC)C(CC)NF. The van der Waals surface area contributed by atoms with E-state index >= 15 is 0 Å². The lowest BCUT2D eigenvalue weighted by Crippen LogP contribution is -2.60. The van der Waals surface area contributed by atoms with Crippen LogP contribution < -0.4 is 5.54 Å². The van der Waals surface area contributed by atoms with Crippen molar-refractivity contribution in [3.63, 3.8) is 0 Å². The number of nitrogens with one attached hydrogen (secondary N) is 1. The van der Waals surface area contributed by atoms with Crippen molar-refractivity contribution in [3.8, 4) is 0 Å². The second-order valence-corrected chi connectivity index (χ2v) is 5.74. The zero-order valence-corrected chi connectivity index (χ0v) is 11.0. The van der Waals surface area contributed by atoms with E-state index in [9.17, 15) is 4.48 Å². The minimum atomic E-state index is -2.91. The van der Waals surface area contributed by atoms with E-state index in [-0.39, 0.29) is 0 Å². The maximum Gasteiger partial charge on any atom is 0.521 e. The van der Waals surface area contributed by atoms with Crippen molar-refractivity contribution in [1.82, 2.24) is 5.54 Å². The molecule has 0 radical (unpaired) electrons. The zero-order valence-electron chi connectivity index (χ0n) is 10.0. The van der Waals surface area contributed by atoms with E-state index in [1.54, 1.807) is 5.54 Å². The van der Waals surface area contributed by atoms with Crippen molar-refractivity contribution >= 4 is 8.80 Å². The fourth-order valence-corrected chi connectivity index (χ4v) is 4.12. The number of hydrogen-bond acceptors (Lipinski definition) is 4. The maximum absolute atomic E-state index is 12.7. The fourth-order valence-electron chi connectivity index (χ4n) is 1.42.